The average Bonchev–Trinajstić information content (AvgIpc) is 3.22. The fourth-order valence-corrected chi connectivity index (χ4v) is 7.89. The summed E-state index contributed by atoms with van der Waals surface area (Å²) in [6, 6.07) is 3.38. The number of rotatable bonds is 3. The molecule has 1 aromatic rings. The molecule has 4 rings (SSSR count). The fraction of sp³-hybridized carbons (Fsp3) is 0.722. The molecule has 25 heavy (non-hydrogen) atoms. The highest BCUT2D eigenvalue weighted by Crippen LogP contribution is 2.51. The molecular formula is C18H26N2O3S2. The molecule has 1 spiro atoms. The number of hydrogen-bond donors (Lipinski definition) is 1. The Morgan fingerprint density at radius 3 is 2.88 bits per heavy atom. The van der Waals surface area contributed by atoms with Crippen LogP contribution >= 0.6 is 11.3 Å². The highest BCUT2D eigenvalue weighted by Gasteiger charge is 2.55. The first kappa shape index (κ1) is 17.5. The Kier molecular flexibility index (Phi) is 4.45. The van der Waals surface area contributed by atoms with Gasteiger partial charge in [0, 0.05) is 24.5 Å². The van der Waals surface area contributed by atoms with Gasteiger partial charge < -0.3 is 4.90 Å². The molecule has 7 heteroatoms. The van der Waals surface area contributed by atoms with Crippen LogP contribution in [0.15, 0.2) is 21.7 Å². The Hall–Kier alpha value is -0.920. The van der Waals surface area contributed by atoms with Gasteiger partial charge in [-0.15, -0.1) is 11.3 Å². The molecule has 2 aliphatic heterocycles. The zero-order chi connectivity index (χ0) is 17.7. The van der Waals surface area contributed by atoms with E-state index in [1.54, 1.807) is 17.5 Å². The molecule has 5 nitrogen and oxygen atoms in total. The Bertz CT molecular complexity index is 746. The van der Waals surface area contributed by atoms with Crippen LogP contribution in [-0.4, -0.2) is 37.4 Å². The number of nitrogens with zero attached hydrogens (tertiary/aromatic N) is 1. The second-order valence-electron chi connectivity index (χ2n) is 7.81. The quantitative estimate of drug-likeness (QED) is 0.874. The lowest BCUT2D eigenvalue weighted by Gasteiger charge is -2.51. The second-order valence-corrected chi connectivity index (χ2v) is 10.7. The van der Waals surface area contributed by atoms with Gasteiger partial charge in [-0.05, 0) is 61.8 Å². The van der Waals surface area contributed by atoms with E-state index in [9.17, 15) is 13.2 Å². The molecular weight excluding hydrogens is 356 g/mol. The summed E-state index contributed by atoms with van der Waals surface area (Å²) in [5.41, 5.74) is -0.0160. The van der Waals surface area contributed by atoms with Crippen molar-refractivity contribution in [3.63, 3.8) is 0 Å². The molecule has 0 radical (unpaired) electrons. The zero-order valence-electron chi connectivity index (χ0n) is 14.6. The van der Waals surface area contributed by atoms with E-state index in [1.165, 1.54) is 11.3 Å². The van der Waals surface area contributed by atoms with Crippen molar-refractivity contribution in [2.45, 2.75) is 67.7 Å². The molecule has 0 aromatic carbocycles. The number of thiophene rings is 1. The first-order valence-electron chi connectivity index (χ1n) is 9.30. The van der Waals surface area contributed by atoms with E-state index >= 15 is 0 Å². The van der Waals surface area contributed by atoms with E-state index in [-0.39, 0.29) is 17.5 Å². The molecule has 0 bridgehead atoms. The van der Waals surface area contributed by atoms with Crippen molar-refractivity contribution in [3.8, 4) is 0 Å². The SMILES string of the molecule is C[C@H]1[C@@H](NS(=O)(=O)c2cccs2)CC[C@@]23CCCN2C(=O)CCC[C@@H]13. The molecule has 1 aromatic heterocycles. The van der Waals surface area contributed by atoms with E-state index < -0.39 is 10.0 Å². The van der Waals surface area contributed by atoms with E-state index in [2.05, 4.69) is 16.5 Å². The summed E-state index contributed by atoms with van der Waals surface area (Å²) in [7, 11) is -3.44. The van der Waals surface area contributed by atoms with Crippen LogP contribution in [0.25, 0.3) is 0 Å². The Morgan fingerprint density at radius 1 is 1.28 bits per heavy atom. The topological polar surface area (TPSA) is 66.5 Å². The molecule has 3 aliphatic rings. The normalized spacial score (nSPS) is 36.0. The zero-order valence-corrected chi connectivity index (χ0v) is 16.2. The summed E-state index contributed by atoms with van der Waals surface area (Å²) in [4.78, 5) is 14.7. The summed E-state index contributed by atoms with van der Waals surface area (Å²) in [5.74, 6) is 0.950. The summed E-state index contributed by atoms with van der Waals surface area (Å²) in [6.45, 7) is 3.06. The van der Waals surface area contributed by atoms with Crippen LogP contribution in [-0.2, 0) is 14.8 Å². The molecule has 0 unspecified atom stereocenters. The summed E-state index contributed by atoms with van der Waals surface area (Å²) in [6.07, 6.45) is 6.50. The highest BCUT2D eigenvalue weighted by atomic mass is 32.2. The van der Waals surface area contributed by atoms with Crippen LogP contribution in [0.5, 0.6) is 0 Å². The predicted octanol–water partition coefficient (Wildman–Crippen LogP) is 2.99. The Labute approximate surface area is 153 Å². The average molecular weight is 383 g/mol. The van der Waals surface area contributed by atoms with Crippen LogP contribution in [0.4, 0.5) is 0 Å². The van der Waals surface area contributed by atoms with Gasteiger partial charge >= 0.3 is 0 Å². The predicted molar refractivity (Wildman–Crippen MR) is 97.8 cm³/mol. The van der Waals surface area contributed by atoms with Crippen LogP contribution < -0.4 is 4.72 Å². The summed E-state index contributed by atoms with van der Waals surface area (Å²) in [5, 5.41) is 1.79. The van der Waals surface area contributed by atoms with Crippen molar-refractivity contribution < 1.29 is 13.2 Å². The van der Waals surface area contributed by atoms with E-state index in [4.69, 9.17) is 0 Å². The Morgan fingerprint density at radius 2 is 2.12 bits per heavy atom. The van der Waals surface area contributed by atoms with Gasteiger partial charge in [0.15, 0.2) is 0 Å². The summed E-state index contributed by atoms with van der Waals surface area (Å²) >= 11 is 1.26. The Balaban J connectivity index is 1.58. The van der Waals surface area contributed by atoms with Crippen LogP contribution in [0.2, 0.25) is 0 Å². The smallest absolute Gasteiger partial charge is 0.250 e. The van der Waals surface area contributed by atoms with E-state index in [1.807, 2.05) is 0 Å². The van der Waals surface area contributed by atoms with Gasteiger partial charge in [0.25, 0.3) is 0 Å². The largest absolute Gasteiger partial charge is 0.337 e. The molecule has 1 amide bonds. The minimum atomic E-state index is -3.44. The van der Waals surface area contributed by atoms with Gasteiger partial charge in [0.2, 0.25) is 15.9 Å². The van der Waals surface area contributed by atoms with Crippen molar-refractivity contribution in [2.24, 2.45) is 11.8 Å². The van der Waals surface area contributed by atoms with Crippen molar-refractivity contribution in [1.29, 1.82) is 0 Å². The van der Waals surface area contributed by atoms with Crippen LogP contribution in [0.3, 0.4) is 0 Å². The molecule has 2 saturated heterocycles. The molecule has 4 atom stereocenters. The monoisotopic (exact) mass is 382 g/mol. The molecule has 1 N–H and O–H groups in total. The lowest BCUT2D eigenvalue weighted by atomic mass is 9.63. The van der Waals surface area contributed by atoms with Crippen molar-refractivity contribution in [3.05, 3.63) is 17.5 Å². The van der Waals surface area contributed by atoms with E-state index in [0.29, 0.717) is 22.5 Å². The number of sulfonamides is 1. The lowest BCUT2D eigenvalue weighted by Crippen LogP contribution is -2.59. The maximum atomic E-state index is 12.6. The number of hydrogen-bond acceptors (Lipinski definition) is 4. The van der Waals surface area contributed by atoms with E-state index in [0.717, 1.165) is 45.1 Å². The van der Waals surface area contributed by atoms with Crippen molar-refractivity contribution in [2.75, 3.05) is 6.54 Å². The highest BCUT2D eigenvalue weighted by molar-refractivity contribution is 7.91. The first-order chi connectivity index (χ1) is 11.9. The number of nitrogens with one attached hydrogen (secondary N) is 1. The van der Waals surface area contributed by atoms with Crippen LogP contribution in [0.1, 0.15) is 51.9 Å². The van der Waals surface area contributed by atoms with Gasteiger partial charge in [-0.25, -0.2) is 13.1 Å². The first-order valence-corrected chi connectivity index (χ1v) is 11.7. The van der Waals surface area contributed by atoms with Gasteiger partial charge in [-0.3, -0.25) is 4.79 Å². The van der Waals surface area contributed by atoms with Crippen LogP contribution in [0, 0.1) is 11.8 Å². The third-order valence-electron chi connectivity index (χ3n) is 6.65. The number of carbonyl (C=O) groups excluding carboxylic acids is 1. The standard InChI is InChI=1S/C18H26N2O3S2/c1-13-14-5-2-6-16(21)20-11-4-9-18(14,20)10-8-15(13)19-25(22,23)17-7-3-12-24-17/h3,7,12-15,19H,2,4-6,8-11H2,1H3/t13-,14+,15+,18-/m1/s1. The minimum Gasteiger partial charge on any atom is -0.337 e. The van der Waals surface area contributed by atoms with Crippen molar-refractivity contribution >= 4 is 27.3 Å². The second kappa shape index (κ2) is 6.35. The van der Waals surface area contributed by atoms with Crippen molar-refractivity contribution in [1.82, 2.24) is 9.62 Å². The summed E-state index contributed by atoms with van der Waals surface area (Å²) < 4.78 is 28.7. The molecule has 1 saturated carbocycles. The molecule has 1 aliphatic carbocycles. The van der Waals surface area contributed by atoms with Gasteiger partial charge in [-0.2, -0.15) is 0 Å². The fourth-order valence-electron chi connectivity index (χ4n) is 5.52. The number of carbonyl (C=O) groups is 1. The third kappa shape index (κ3) is 2.84. The molecule has 138 valence electrons. The van der Waals surface area contributed by atoms with Gasteiger partial charge in [0.1, 0.15) is 4.21 Å². The molecule has 3 heterocycles. The molecule has 3 fully saturated rings. The lowest BCUT2D eigenvalue weighted by molar-refractivity contribution is -0.138. The maximum Gasteiger partial charge on any atom is 0.250 e. The maximum absolute atomic E-state index is 12.6. The van der Waals surface area contributed by atoms with Gasteiger partial charge in [0.05, 0.1) is 0 Å². The number of amides is 1. The van der Waals surface area contributed by atoms with Gasteiger partial charge in [-0.1, -0.05) is 13.0 Å². The third-order valence-corrected chi connectivity index (χ3v) is 9.54. The minimum absolute atomic E-state index is 0.0160.